The van der Waals surface area contributed by atoms with Crippen LogP contribution in [0.1, 0.15) is 17.2 Å². The van der Waals surface area contributed by atoms with E-state index in [-0.39, 0.29) is 18.6 Å². The molecule has 0 aromatic heterocycles. The van der Waals surface area contributed by atoms with E-state index in [1.807, 2.05) is 72.8 Å². The van der Waals surface area contributed by atoms with Crippen LogP contribution in [0.25, 0.3) is 0 Å². The van der Waals surface area contributed by atoms with Crippen LogP contribution in [0, 0.1) is 0 Å². The predicted octanol–water partition coefficient (Wildman–Crippen LogP) is 2.65. The molecule has 0 aliphatic carbocycles. The fourth-order valence-electron chi connectivity index (χ4n) is 3.13. The van der Waals surface area contributed by atoms with Gasteiger partial charge in [-0.1, -0.05) is 60.7 Å². The SMILES string of the molecule is C[NH+](C)[C@@H](CNC(=O)COc1ccc(OCc2ccccc2)cc1)c1ccccc1. The molecule has 0 saturated heterocycles. The third-order valence-electron chi connectivity index (χ3n) is 4.84. The maximum Gasteiger partial charge on any atom is 0.258 e. The summed E-state index contributed by atoms with van der Waals surface area (Å²) >= 11 is 0. The number of likely N-dealkylation sites (N-methyl/N-ethyl adjacent to an activating group) is 1. The lowest BCUT2D eigenvalue weighted by Gasteiger charge is -2.22. The number of carbonyl (C=O) groups excluding carboxylic acids is 1. The molecule has 5 nitrogen and oxygen atoms in total. The third-order valence-corrected chi connectivity index (χ3v) is 4.84. The molecule has 30 heavy (non-hydrogen) atoms. The molecule has 0 bridgehead atoms. The van der Waals surface area contributed by atoms with Crippen molar-refractivity contribution < 1.29 is 19.2 Å². The lowest BCUT2D eigenvalue weighted by molar-refractivity contribution is -0.890. The molecule has 0 aliphatic rings. The summed E-state index contributed by atoms with van der Waals surface area (Å²) in [7, 11) is 4.17. The second-order valence-corrected chi connectivity index (χ2v) is 7.38. The lowest BCUT2D eigenvalue weighted by Crippen LogP contribution is -3.07. The highest BCUT2D eigenvalue weighted by atomic mass is 16.5. The molecule has 3 aromatic rings. The fourth-order valence-corrected chi connectivity index (χ4v) is 3.13. The minimum atomic E-state index is -0.137. The Morgan fingerprint density at radius 2 is 1.40 bits per heavy atom. The van der Waals surface area contributed by atoms with Crippen LogP contribution in [0.3, 0.4) is 0 Å². The Balaban J connectivity index is 1.43. The van der Waals surface area contributed by atoms with Crippen molar-refractivity contribution in [3.05, 3.63) is 96.1 Å². The average molecular weight is 406 g/mol. The summed E-state index contributed by atoms with van der Waals surface area (Å²) in [5.41, 5.74) is 2.31. The minimum absolute atomic E-state index is 0.0194. The van der Waals surface area contributed by atoms with Crippen molar-refractivity contribution in [3.8, 4) is 11.5 Å². The van der Waals surface area contributed by atoms with Gasteiger partial charge < -0.3 is 19.7 Å². The molecule has 0 fully saturated rings. The van der Waals surface area contributed by atoms with Gasteiger partial charge in [0.2, 0.25) is 0 Å². The number of hydrogen-bond donors (Lipinski definition) is 2. The van der Waals surface area contributed by atoms with Gasteiger partial charge in [0.25, 0.3) is 5.91 Å². The van der Waals surface area contributed by atoms with E-state index < -0.39 is 0 Å². The molecule has 1 atom stereocenters. The Morgan fingerprint density at radius 1 is 0.833 bits per heavy atom. The van der Waals surface area contributed by atoms with Gasteiger partial charge in [0.1, 0.15) is 24.1 Å². The highest BCUT2D eigenvalue weighted by Gasteiger charge is 2.18. The van der Waals surface area contributed by atoms with Gasteiger partial charge in [-0.2, -0.15) is 0 Å². The fraction of sp³-hybridized carbons (Fsp3) is 0.240. The standard InChI is InChI=1S/C25H28N2O3/c1-27(2)24(21-11-7-4-8-12-21)17-26-25(28)19-30-23-15-13-22(14-16-23)29-18-20-9-5-3-6-10-20/h3-16,24H,17-19H2,1-2H3,(H,26,28)/p+1/t24-/m0/s1. The molecular weight excluding hydrogens is 376 g/mol. The number of rotatable bonds is 10. The van der Waals surface area contributed by atoms with Crippen molar-refractivity contribution in [2.24, 2.45) is 0 Å². The smallest absolute Gasteiger partial charge is 0.258 e. The van der Waals surface area contributed by atoms with E-state index in [1.165, 1.54) is 10.5 Å². The number of nitrogens with one attached hydrogen (secondary N) is 2. The molecule has 0 radical (unpaired) electrons. The number of ether oxygens (including phenoxy) is 2. The molecule has 2 N–H and O–H groups in total. The molecule has 156 valence electrons. The van der Waals surface area contributed by atoms with Crippen LogP contribution in [0.2, 0.25) is 0 Å². The van der Waals surface area contributed by atoms with Crippen LogP contribution in [0.4, 0.5) is 0 Å². The summed E-state index contributed by atoms with van der Waals surface area (Å²) in [4.78, 5) is 13.5. The van der Waals surface area contributed by atoms with Gasteiger partial charge >= 0.3 is 0 Å². The summed E-state index contributed by atoms with van der Waals surface area (Å²) in [5.74, 6) is 1.26. The van der Waals surface area contributed by atoms with Gasteiger partial charge in [0.05, 0.1) is 20.6 Å². The van der Waals surface area contributed by atoms with E-state index in [1.54, 1.807) is 0 Å². The summed E-state index contributed by atoms with van der Waals surface area (Å²) < 4.78 is 11.4. The zero-order chi connectivity index (χ0) is 21.2. The number of amides is 1. The average Bonchev–Trinajstić information content (AvgIpc) is 2.78. The van der Waals surface area contributed by atoms with Crippen molar-refractivity contribution in [1.29, 1.82) is 0 Å². The Bertz CT molecular complexity index is 897. The van der Waals surface area contributed by atoms with Gasteiger partial charge in [-0.05, 0) is 29.8 Å². The van der Waals surface area contributed by atoms with Crippen molar-refractivity contribution >= 4 is 5.91 Å². The molecule has 3 rings (SSSR count). The maximum absolute atomic E-state index is 12.2. The van der Waals surface area contributed by atoms with Gasteiger partial charge in [-0.3, -0.25) is 4.79 Å². The van der Waals surface area contributed by atoms with Gasteiger partial charge in [-0.15, -0.1) is 0 Å². The zero-order valence-corrected chi connectivity index (χ0v) is 17.5. The Morgan fingerprint density at radius 3 is 2.00 bits per heavy atom. The lowest BCUT2D eigenvalue weighted by atomic mass is 10.1. The summed E-state index contributed by atoms with van der Waals surface area (Å²) in [6.45, 7) is 1.05. The summed E-state index contributed by atoms with van der Waals surface area (Å²) in [6.07, 6.45) is 0. The molecular formula is C25H29N2O3+. The van der Waals surface area contributed by atoms with E-state index in [2.05, 4.69) is 31.5 Å². The van der Waals surface area contributed by atoms with Crippen LogP contribution < -0.4 is 19.7 Å². The Hall–Kier alpha value is -3.31. The third kappa shape index (κ3) is 6.64. The van der Waals surface area contributed by atoms with Crippen LogP contribution >= 0.6 is 0 Å². The highest BCUT2D eigenvalue weighted by molar-refractivity contribution is 5.77. The van der Waals surface area contributed by atoms with E-state index in [0.717, 1.165) is 11.3 Å². The van der Waals surface area contributed by atoms with E-state index in [0.29, 0.717) is 18.9 Å². The second kappa shape index (κ2) is 11.0. The van der Waals surface area contributed by atoms with Gasteiger partial charge in [0, 0.05) is 5.56 Å². The Labute approximate surface area is 178 Å². The first-order chi connectivity index (χ1) is 14.6. The summed E-state index contributed by atoms with van der Waals surface area (Å²) in [5, 5.41) is 2.97. The molecule has 3 aromatic carbocycles. The largest absolute Gasteiger partial charge is 0.489 e. The van der Waals surface area contributed by atoms with E-state index in [9.17, 15) is 4.79 Å². The second-order valence-electron chi connectivity index (χ2n) is 7.38. The van der Waals surface area contributed by atoms with Crippen LogP contribution in [0.5, 0.6) is 11.5 Å². The van der Waals surface area contributed by atoms with Crippen LogP contribution in [-0.4, -0.2) is 33.2 Å². The number of hydrogen-bond acceptors (Lipinski definition) is 3. The van der Waals surface area contributed by atoms with Gasteiger partial charge in [0.15, 0.2) is 6.61 Å². The first-order valence-electron chi connectivity index (χ1n) is 10.1. The first-order valence-corrected chi connectivity index (χ1v) is 10.1. The monoisotopic (exact) mass is 405 g/mol. The molecule has 0 unspecified atom stereocenters. The molecule has 1 amide bonds. The molecule has 5 heteroatoms. The molecule has 0 saturated carbocycles. The predicted molar refractivity (Wildman–Crippen MR) is 118 cm³/mol. The number of carbonyl (C=O) groups is 1. The zero-order valence-electron chi connectivity index (χ0n) is 17.5. The topological polar surface area (TPSA) is 52.0 Å². The normalized spacial score (nSPS) is 11.7. The van der Waals surface area contributed by atoms with Crippen molar-refractivity contribution in [2.45, 2.75) is 12.6 Å². The van der Waals surface area contributed by atoms with E-state index >= 15 is 0 Å². The minimum Gasteiger partial charge on any atom is -0.489 e. The Kier molecular flexibility index (Phi) is 7.86. The highest BCUT2D eigenvalue weighted by Crippen LogP contribution is 2.18. The van der Waals surface area contributed by atoms with Crippen molar-refractivity contribution in [2.75, 3.05) is 27.2 Å². The molecule has 0 spiro atoms. The van der Waals surface area contributed by atoms with Crippen LogP contribution in [-0.2, 0) is 11.4 Å². The first kappa shape index (κ1) is 21.4. The molecule has 0 heterocycles. The van der Waals surface area contributed by atoms with Crippen LogP contribution in [0.15, 0.2) is 84.9 Å². The maximum atomic E-state index is 12.2. The number of benzene rings is 3. The van der Waals surface area contributed by atoms with Crippen molar-refractivity contribution in [1.82, 2.24) is 5.32 Å². The number of quaternary nitrogens is 1. The van der Waals surface area contributed by atoms with E-state index in [4.69, 9.17) is 9.47 Å². The quantitative estimate of drug-likeness (QED) is 0.545. The van der Waals surface area contributed by atoms with Crippen molar-refractivity contribution in [3.63, 3.8) is 0 Å². The van der Waals surface area contributed by atoms with Gasteiger partial charge in [-0.25, -0.2) is 0 Å². The molecule has 0 aliphatic heterocycles. The summed E-state index contributed by atoms with van der Waals surface area (Å²) in [6, 6.07) is 27.7.